The largest absolute Gasteiger partial charge is 0.494 e. The molecule has 1 aliphatic heterocycles. The van der Waals surface area contributed by atoms with Gasteiger partial charge in [-0.15, -0.1) is 11.8 Å². The molecule has 0 spiro atoms. The van der Waals surface area contributed by atoms with Crippen molar-refractivity contribution in [2.45, 2.75) is 72.8 Å². The van der Waals surface area contributed by atoms with Crippen molar-refractivity contribution in [3.05, 3.63) is 42.3 Å². The maximum absolute atomic E-state index is 14.7. The third-order valence-corrected chi connectivity index (χ3v) is 6.75. The summed E-state index contributed by atoms with van der Waals surface area (Å²) < 4.78 is 26.8. The first kappa shape index (κ1) is 20.7. The SMILES string of the molecule is CC(C)Sc1cc(Sc2ccc(B3OC(C)(C)C(C)(C)O3)cc2F)ccn1. The van der Waals surface area contributed by atoms with Gasteiger partial charge in [0.15, 0.2) is 0 Å². The normalized spacial score (nSPS) is 18.3. The Hall–Kier alpha value is -1.02. The zero-order valence-corrected chi connectivity index (χ0v) is 18.2. The molecule has 27 heavy (non-hydrogen) atoms. The van der Waals surface area contributed by atoms with E-state index in [-0.39, 0.29) is 5.82 Å². The molecule has 0 atom stereocenters. The summed E-state index contributed by atoms with van der Waals surface area (Å²) in [6, 6.07) is 9.07. The molecule has 7 heteroatoms. The van der Waals surface area contributed by atoms with Crippen LogP contribution in [-0.4, -0.2) is 28.6 Å². The van der Waals surface area contributed by atoms with Gasteiger partial charge in [0.2, 0.25) is 0 Å². The molecule has 0 amide bonds. The van der Waals surface area contributed by atoms with E-state index >= 15 is 0 Å². The van der Waals surface area contributed by atoms with Crippen molar-refractivity contribution in [1.29, 1.82) is 0 Å². The predicted octanol–water partition coefficient (Wildman–Crippen LogP) is 5.17. The second-order valence-electron chi connectivity index (χ2n) is 7.88. The summed E-state index contributed by atoms with van der Waals surface area (Å²) in [7, 11) is -0.557. The third kappa shape index (κ3) is 4.70. The molecule has 2 heterocycles. The van der Waals surface area contributed by atoms with Crippen LogP contribution in [-0.2, 0) is 9.31 Å². The van der Waals surface area contributed by atoms with E-state index in [9.17, 15) is 4.39 Å². The summed E-state index contributed by atoms with van der Waals surface area (Å²) >= 11 is 3.09. The number of pyridine rings is 1. The average molecular weight is 405 g/mol. The monoisotopic (exact) mass is 405 g/mol. The highest BCUT2D eigenvalue weighted by atomic mass is 32.2. The molecule has 1 aromatic carbocycles. The smallest absolute Gasteiger partial charge is 0.399 e. The molecule has 0 saturated carbocycles. The zero-order valence-electron chi connectivity index (χ0n) is 16.6. The number of halogens is 1. The first-order chi connectivity index (χ1) is 12.6. The first-order valence-corrected chi connectivity index (χ1v) is 10.7. The van der Waals surface area contributed by atoms with E-state index in [1.54, 1.807) is 24.0 Å². The Morgan fingerprint density at radius 1 is 1.04 bits per heavy atom. The summed E-state index contributed by atoms with van der Waals surface area (Å²) in [5.74, 6) is -0.276. The van der Waals surface area contributed by atoms with Gasteiger partial charge in [-0.1, -0.05) is 31.7 Å². The highest BCUT2D eigenvalue weighted by Crippen LogP contribution is 2.37. The molecule has 0 N–H and O–H groups in total. The number of thioether (sulfide) groups is 1. The maximum atomic E-state index is 14.7. The maximum Gasteiger partial charge on any atom is 0.494 e. The fourth-order valence-corrected chi connectivity index (χ4v) is 4.33. The number of rotatable bonds is 5. The average Bonchev–Trinajstić information content (AvgIpc) is 2.77. The van der Waals surface area contributed by atoms with Crippen LogP contribution in [0.25, 0.3) is 0 Å². The van der Waals surface area contributed by atoms with Crippen molar-refractivity contribution in [3.8, 4) is 0 Å². The van der Waals surface area contributed by atoms with Gasteiger partial charge in [0.05, 0.1) is 16.2 Å². The molecular formula is C20H25BFNO2S2. The van der Waals surface area contributed by atoms with Gasteiger partial charge in [0, 0.05) is 21.2 Å². The third-order valence-electron chi connectivity index (χ3n) is 4.77. The Kier molecular flexibility index (Phi) is 5.97. The molecule has 1 aliphatic rings. The number of benzene rings is 1. The van der Waals surface area contributed by atoms with Crippen LogP contribution in [0.15, 0.2) is 51.3 Å². The van der Waals surface area contributed by atoms with Crippen molar-refractivity contribution in [1.82, 2.24) is 4.98 Å². The lowest BCUT2D eigenvalue weighted by molar-refractivity contribution is 0.00578. The van der Waals surface area contributed by atoms with E-state index in [1.165, 1.54) is 17.8 Å². The molecule has 0 aliphatic carbocycles. The molecule has 2 aromatic rings. The van der Waals surface area contributed by atoms with Crippen molar-refractivity contribution in [3.63, 3.8) is 0 Å². The first-order valence-electron chi connectivity index (χ1n) is 9.03. The summed E-state index contributed by atoms with van der Waals surface area (Å²) in [5.41, 5.74) is -0.187. The van der Waals surface area contributed by atoms with Crippen LogP contribution >= 0.6 is 23.5 Å². The molecule has 0 bridgehead atoms. The van der Waals surface area contributed by atoms with Crippen LogP contribution in [0.3, 0.4) is 0 Å². The van der Waals surface area contributed by atoms with Gasteiger partial charge in [0.1, 0.15) is 5.82 Å². The highest BCUT2D eigenvalue weighted by molar-refractivity contribution is 8.00. The van der Waals surface area contributed by atoms with Crippen molar-refractivity contribution in [2.75, 3.05) is 0 Å². The molecule has 1 aromatic heterocycles. The minimum Gasteiger partial charge on any atom is -0.399 e. The second-order valence-corrected chi connectivity index (χ2v) is 10.6. The summed E-state index contributed by atoms with van der Waals surface area (Å²) in [5, 5.41) is 1.40. The van der Waals surface area contributed by atoms with Gasteiger partial charge in [-0.25, -0.2) is 9.37 Å². The van der Waals surface area contributed by atoms with Crippen LogP contribution in [0.1, 0.15) is 41.5 Å². The molecule has 144 valence electrons. The molecule has 3 nitrogen and oxygen atoms in total. The van der Waals surface area contributed by atoms with E-state index < -0.39 is 18.3 Å². The number of hydrogen-bond acceptors (Lipinski definition) is 5. The Morgan fingerprint density at radius 2 is 1.70 bits per heavy atom. The standard InChI is InChI=1S/C20H25BFNO2S2/c1-13(2)26-18-12-15(9-10-23-18)27-17-8-7-14(11-16(17)22)21-24-19(3,4)20(5,6)25-21/h7-13H,1-6H3. The van der Waals surface area contributed by atoms with Crippen LogP contribution < -0.4 is 5.46 Å². The molecule has 1 saturated heterocycles. The fourth-order valence-electron chi connectivity index (χ4n) is 2.61. The van der Waals surface area contributed by atoms with Gasteiger partial charge >= 0.3 is 7.12 Å². The van der Waals surface area contributed by atoms with Gasteiger partial charge in [-0.2, -0.15) is 0 Å². The minimum absolute atomic E-state index is 0.276. The van der Waals surface area contributed by atoms with E-state index in [0.29, 0.717) is 15.6 Å². The molecule has 0 unspecified atom stereocenters. The number of hydrogen-bond donors (Lipinski definition) is 0. The molecule has 1 fully saturated rings. The van der Waals surface area contributed by atoms with E-state index in [2.05, 4.69) is 18.8 Å². The summed E-state index contributed by atoms with van der Waals surface area (Å²) in [6.45, 7) is 12.2. The Balaban J connectivity index is 1.76. The Labute approximate surface area is 170 Å². The van der Waals surface area contributed by atoms with Crippen molar-refractivity contribution in [2.24, 2.45) is 0 Å². The highest BCUT2D eigenvalue weighted by Gasteiger charge is 2.51. The summed E-state index contributed by atoms with van der Waals surface area (Å²) in [6.07, 6.45) is 1.77. The Bertz CT molecular complexity index is 813. The predicted molar refractivity (Wildman–Crippen MR) is 111 cm³/mol. The molecule has 0 radical (unpaired) electrons. The summed E-state index contributed by atoms with van der Waals surface area (Å²) in [4.78, 5) is 5.90. The number of aromatic nitrogens is 1. The molecular weight excluding hydrogens is 380 g/mol. The minimum atomic E-state index is -0.557. The van der Waals surface area contributed by atoms with Crippen LogP contribution in [0.4, 0.5) is 4.39 Å². The zero-order chi connectivity index (χ0) is 19.8. The molecule has 3 rings (SSSR count). The van der Waals surface area contributed by atoms with Crippen LogP contribution in [0.5, 0.6) is 0 Å². The van der Waals surface area contributed by atoms with Gasteiger partial charge in [-0.3, -0.25) is 0 Å². The topological polar surface area (TPSA) is 31.4 Å². The van der Waals surface area contributed by atoms with Crippen LogP contribution in [0.2, 0.25) is 0 Å². The number of nitrogens with zero attached hydrogens (tertiary/aromatic N) is 1. The lowest BCUT2D eigenvalue weighted by Crippen LogP contribution is -2.41. The van der Waals surface area contributed by atoms with Gasteiger partial charge in [0.25, 0.3) is 0 Å². The Morgan fingerprint density at radius 3 is 2.30 bits per heavy atom. The second kappa shape index (κ2) is 7.78. The van der Waals surface area contributed by atoms with Crippen molar-refractivity contribution < 1.29 is 13.7 Å². The van der Waals surface area contributed by atoms with E-state index in [0.717, 1.165) is 9.92 Å². The fraction of sp³-hybridized carbons (Fsp3) is 0.450. The van der Waals surface area contributed by atoms with Crippen molar-refractivity contribution >= 4 is 36.1 Å². The lowest BCUT2D eigenvalue weighted by Gasteiger charge is -2.32. The van der Waals surface area contributed by atoms with Gasteiger partial charge < -0.3 is 9.31 Å². The van der Waals surface area contributed by atoms with E-state index in [1.807, 2.05) is 45.9 Å². The lowest BCUT2D eigenvalue weighted by atomic mass is 9.79. The van der Waals surface area contributed by atoms with Gasteiger partial charge in [-0.05, 0) is 57.4 Å². The quantitative estimate of drug-likeness (QED) is 0.506. The van der Waals surface area contributed by atoms with Crippen LogP contribution in [0, 0.1) is 5.82 Å². The van der Waals surface area contributed by atoms with E-state index in [4.69, 9.17) is 9.31 Å².